The number of ether oxygens (including phenoxy) is 2. The molecule has 1 aliphatic carbocycles. The van der Waals surface area contributed by atoms with Crippen molar-refractivity contribution in [3.8, 4) is 11.5 Å². The monoisotopic (exact) mass is 551 g/mol. The van der Waals surface area contributed by atoms with Crippen LogP contribution >= 0.6 is 0 Å². The summed E-state index contributed by atoms with van der Waals surface area (Å²) in [5, 5.41) is 17.7. The molecule has 1 amide bonds. The van der Waals surface area contributed by atoms with Gasteiger partial charge in [-0.15, -0.1) is 0 Å². The Hall–Kier alpha value is -4.72. The summed E-state index contributed by atoms with van der Waals surface area (Å²) < 4.78 is 11.2. The van der Waals surface area contributed by atoms with Crippen molar-refractivity contribution in [1.82, 2.24) is 5.01 Å². The fourth-order valence-corrected chi connectivity index (χ4v) is 5.46. The Morgan fingerprint density at radius 3 is 2.34 bits per heavy atom. The van der Waals surface area contributed by atoms with Crippen LogP contribution in [0.1, 0.15) is 55.8 Å². The Balaban J connectivity index is 1.48. The van der Waals surface area contributed by atoms with Crippen molar-refractivity contribution < 1.29 is 19.2 Å². The van der Waals surface area contributed by atoms with Crippen molar-refractivity contribution in [3.63, 3.8) is 0 Å². The van der Waals surface area contributed by atoms with E-state index >= 15 is 0 Å². The van der Waals surface area contributed by atoms with E-state index in [0.717, 1.165) is 53.2 Å². The van der Waals surface area contributed by atoms with Gasteiger partial charge in [-0.1, -0.05) is 36.4 Å². The van der Waals surface area contributed by atoms with Crippen LogP contribution in [-0.2, 0) is 4.79 Å². The highest BCUT2D eigenvalue weighted by Crippen LogP contribution is 2.44. The third-order valence-electron chi connectivity index (χ3n) is 7.29. The molecule has 1 heterocycles. The summed E-state index contributed by atoms with van der Waals surface area (Å²) in [5.74, 6) is 1.37. The van der Waals surface area contributed by atoms with E-state index in [1.165, 1.54) is 18.2 Å². The first-order chi connectivity index (χ1) is 20.0. The number of amides is 1. The molecule has 2 aliphatic rings. The third-order valence-corrected chi connectivity index (χ3v) is 7.29. The molecule has 41 heavy (non-hydrogen) atoms. The van der Waals surface area contributed by atoms with Crippen LogP contribution in [0.2, 0.25) is 0 Å². The number of nitrogens with zero attached hydrogens (tertiary/aromatic N) is 3. The topological polar surface area (TPSA) is 94.3 Å². The summed E-state index contributed by atoms with van der Waals surface area (Å²) in [6.45, 7) is 5.10. The number of nitro benzene ring substituents is 1. The zero-order chi connectivity index (χ0) is 28.8. The molecule has 0 bridgehead atoms. The number of carbonyl (C=O) groups excluding carboxylic acids is 1. The van der Waals surface area contributed by atoms with E-state index in [-0.39, 0.29) is 23.6 Å². The van der Waals surface area contributed by atoms with E-state index in [1.807, 2.05) is 62.4 Å². The van der Waals surface area contributed by atoms with E-state index in [0.29, 0.717) is 18.8 Å². The quantitative estimate of drug-likeness (QED) is 0.159. The van der Waals surface area contributed by atoms with Gasteiger partial charge in [0.05, 0.1) is 29.9 Å². The molecule has 0 N–H and O–H groups in total. The summed E-state index contributed by atoms with van der Waals surface area (Å²) in [7, 11) is 0. The number of allylic oxidation sites excluding steroid dienone is 1. The molecule has 0 saturated heterocycles. The Bertz CT molecular complexity index is 1490. The highest BCUT2D eigenvalue weighted by Gasteiger charge is 2.43. The second-order valence-corrected chi connectivity index (χ2v) is 9.97. The number of hydrazone groups is 1. The lowest BCUT2D eigenvalue weighted by Gasteiger charge is -2.29. The number of carbonyl (C=O) groups is 1. The van der Waals surface area contributed by atoms with Gasteiger partial charge in [0.15, 0.2) is 0 Å². The maximum atomic E-state index is 13.6. The van der Waals surface area contributed by atoms with Crippen LogP contribution in [0.5, 0.6) is 11.5 Å². The highest BCUT2D eigenvalue weighted by molar-refractivity contribution is 6.08. The van der Waals surface area contributed by atoms with Crippen LogP contribution in [0.25, 0.3) is 12.2 Å². The van der Waals surface area contributed by atoms with E-state index in [1.54, 1.807) is 23.2 Å². The third kappa shape index (κ3) is 6.38. The maximum Gasteiger partial charge on any atom is 0.270 e. The first kappa shape index (κ1) is 27.8. The molecule has 1 fully saturated rings. The molecule has 0 spiro atoms. The van der Waals surface area contributed by atoms with Crippen molar-refractivity contribution in [2.24, 2.45) is 11.0 Å². The molecule has 1 aliphatic heterocycles. The first-order valence-corrected chi connectivity index (χ1v) is 14.0. The first-order valence-electron chi connectivity index (χ1n) is 14.0. The van der Waals surface area contributed by atoms with Crippen LogP contribution < -0.4 is 9.47 Å². The lowest BCUT2D eigenvalue weighted by atomic mass is 9.77. The molecule has 0 radical (unpaired) electrons. The largest absolute Gasteiger partial charge is 0.494 e. The molecular weight excluding hydrogens is 518 g/mol. The summed E-state index contributed by atoms with van der Waals surface area (Å²) in [6.07, 6.45) is 7.98. The molecule has 3 aromatic carbocycles. The summed E-state index contributed by atoms with van der Waals surface area (Å²) in [5.41, 5.74) is 4.64. The zero-order valence-electron chi connectivity index (χ0n) is 23.2. The van der Waals surface area contributed by atoms with Crippen molar-refractivity contribution in [2.45, 2.75) is 39.2 Å². The van der Waals surface area contributed by atoms with Crippen molar-refractivity contribution in [1.29, 1.82) is 0 Å². The lowest BCUT2D eigenvalue weighted by Crippen LogP contribution is -2.30. The lowest BCUT2D eigenvalue weighted by molar-refractivity contribution is -0.384. The highest BCUT2D eigenvalue weighted by atomic mass is 16.6. The second-order valence-electron chi connectivity index (χ2n) is 9.97. The number of hydrogen-bond acceptors (Lipinski definition) is 6. The Labute approximate surface area is 239 Å². The minimum atomic E-state index is -0.448. The van der Waals surface area contributed by atoms with Gasteiger partial charge >= 0.3 is 0 Å². The minimum absolute atomic E-state index is 0.0247. The predicted octanol–water partition coefficient (Wildman–Crippen LogP) is 7.23. The van der Waals surface area contributed by atoms with Crippen molar-refractivity contribution in [3.05, 3.63) is 111 Å². The van der Waals surface area contributed by atoms with Crippen LogP contribution in [-0.4, -0.2) is 34.8 Å². The molecule has 5 rings (SSSR count). The number of benzene rings is 3. The molecular formula is C33H33N3O5. The standard InChI is InChI=1S/C33H33N3O5/c1-3-40-28-16-11-24(12-17-28)21-26-8-6-10-30-32(26)34-35(33(30)25-14-18-29(19-15-25)41-4-2)31(37)20-13-23-7-5-9-27(22-23)36(38)39/h5,7,9,11-22,30,33H,3-4,6,8,10H2,1-2H3/b20-13+,26-21-/t30-,33-/m1/s1. The number of nitro groups is 1. The average molecular weight is 552 g/mol. The SMILES string of the molecule is CCOc1ccc(/C=C2/CCC[C@@H]3C2=NN(C(=O)/C=C/c2cccc([N+](=O)[O-])c2)[C@@H]3c2ccc(OCC)cc2)cc1. The van der Waals surface area contributed by atoms with Gasteiger partial charge in [-0.3, -0.25) is 14.9 Å². The van der Waals surface area contributed by atoms with Crippen LogP contribution in [0.3, 0.4) is 0 Å². The van der Waals surface area contributed by atoms with Gasteiger partial charge in [-0.25, -0.2) is 5.01 Å². The van der Waals surface area contributed by atoms with Gasteiger partial charge in [0.25, 0.3) is 11.6 Å². The molecule has 1 saturated carbocycles. The second kappa shape index (κ2) is 12.6. The van der Waals surface area contributed by atoms with Gasteiger partial charge in [0.2, 0.25) is 0 Å². The number of non-ortho nitro benzene ring substituents is 1. The molecule has 2 atom stereocenters. The summed E-state index contributed by atoms with van der Waals surface area (Å²) in [4.78, 5) is 24.4. The van der Waals surface area contributed by atoms with E-state index in [4.69, 9.17) is 14.6 Å². The Morgan fingerprint density at radius 1 is 1.00 bits per heavy atom. The van der Waals surface area contributed by atoms with E-state index in [2.05, 4.69) is 6.08 Å². The molecule has 3 aromatic rings. The number of hydrogen-bond donors (Lipinski definition) is 0. The molecule has 0 aromatic heterocycles. The van der Waals surface area contributed by atoms with Gasteiger partial charge < -0.3 is 9.47 Å². The summed E-state index contributed by atoms with van der Waals surface area (Å²) >= 11 is 0. The van der Waals surface area contributed by atoms with Gasteiger partial charge in [0, 0.05) is 24.1 Å². The fourth-order valence-electron chi connectivity index (χ4n) is 5.46. The van der Waals surface area contributed by atoms with E-state index < -0.39 is 4.92 Å². The molecule has 8 heteroatoms. The van der Waals surface area contributed by atoms with Crippen LogP contribution in [0.15, 0.2) is 89.5 Å². The normalized spacial score (nSPS) is 19.2. The van der Waals surface area contributed by atoms with Crippen molar-refractivity contribution >= 4 is 29.5 Å². The van der Waals surface area contributed by atoms with Crippen LogP contribution in [0, 0.1) is 16.0 Å². The number of fused-ring (bicyclic) bond motifs is 1. The Kier molecular flexibility index (Phi) is 8.58. The van der Waals surface area contributed by atoms with Gasteiger partial charge in [-0.2, -0.15) is 5.10 Å². The summed E-state index contributed by atoms with van der Waals surface area (Å²) in [6, 6.07) is 21.8. The van der Waals surface area contributed by atoms with Gasteiger partial charge in [0.1, 0.15) is 11.5 Å². The fraction of sp³-hybridized carbons (Fsp3) is 0.273. The van der Waals surface area contributed by atoms with Crippen LogP contribution in [0.4, 0.5) is 5.69 Å². The van der Waals surface area contributed by atoms with E-state index in [9.17, 15) is 14.9 Å². The van der Waals surface area contributed by atoms with Gasteiger partial charge in [-0.05, 0) is 91.8 Å². The Morgan fingerprint density at radius 2 is 1.68 bits per heavy atom. The predicted molar refractivity (Wildman–Crippen MR) is 160 cm³/mol. The molecule has 210 valence electrons. The van der Waals surface area contributed by atoms with Crippen molar-refractivity contribution in [2.75, 3.05) is 13.2 Å². The maximum absolute atomic E-state index is 13.6. The molecule has 8 nitrogen and oxygen atoms in total. The molecule has 0 unspecified atom stereocenters. The zero-order valence-corrected chi connectivity index (χ0v) is 23.2. The average Bonchev–Trinajstić information content (AvgIpc) is 3.39. The number of rotatable bonds is 9. The smallest absolute Gasteiger partial charge is 0.270 e. The minimum Gasteiger partial charge on any atom is -0.494 e.